The topological polar surface area (TPSA) is 73.9 Å². The molecule has 0 unspecified atom stereocenters. The summed E-state index contributed by atoms with van der Waals surface area (Å²) in [5.74, 6) is -0.254. The molecular weight excluding hydrogens is 236 g/mol. The lowest BCUT2D eigenvalue weighted by atomic mass is 10.1. The molecule has 0 N–H and O–H groups in total. The van der Waals surface area contributed by atoms with Crippen molar-refractivity contribution in [1.82, 2.24) is 0 Å². The predicted molar refractivity (Wildman–Crippen MR) is 63.2 cm³/mol. The third-order valence-electron chi connectivity index (χ3n) is 1.90. The number of carbonyl (C=O) groups is 1. The Bertz CT molecular complexity index is 468. The molecule has 4 nitrogen and oxygen atoms in total. The van der Waals surface area contributed by atoms with E-state index < -0.39 is 0 Å². The third kappa shape index (κ3) is 3.51. The highest BCUT2D eigenvalue weighted by molar-refractivity contribution is 8.00. The monoisotopic (exact) mass is 246 g/mol. The highest BCUT2D eigenvalue weighted by Crippen LogP contribution is 2.26. The first kappa shape index (κ1) is 13.1. The van der Waals surface area contributed by atoms with Gasteiger partial charge in [-0.1, -0.05) is 6.07 Å². The fourth-order valence-corrected chi connectivity index (χ4v) is 2.09. The van der Waals surface area contributed by atoms with Crippen molar-refractivity contribution >= 4 is 17.7 Å². The van der Waals surface area contributed by atoms with E-state index in [1.165, 1.54) is 0 Å². The first-order valence-corrected chi connectivity index (χ1v) is 5.93. The molecule has 1 aromatic rings. The van der Waals surface area contributed by atoms with Crippen molar-refractivity contribution in [3.63, 3.8) is 0 Å². The quantitative estimate of drug-likeness (QED) is 0.600. The van der Waals surface area contributed by atoms with Crippen LogP contribution in [-0.4, -0.2) is 18.3 Å². The van der Waals surface area contributed by atoms with E-state index in [0.29, 0.717) is 22.6 Å². The Morgan fingerprint density at radius 3 is 2.41 bits per heavy atom. The molecule has 0 saturated carbocycles. The highest BCUT2D eigenvalue weighted by atomic mass is 32.2. The molecule has 86 valence electrons. The van der Waals surface area contributed by atoms with Crippen LogP contribution in [0.4, 0.5) is 0 Å². The van der Waals surface area contributed by atoms with Gasteiger partial charge in [0.1, 0.15) is 12.1 Å². The second kappa shape index (κ2) is 6.57. The summed E-state index contributed by atoms with van der Waals surface area (Å²) < 4.78 is 4.79. The molecule has 0 aromatic heterocycles. The van der Waals surface area contributed by atoms with Gasteiger partial charge in [0, 0.05) is 4.90 Å². The summed E-state index contributed by atoms with van der Waals surface area (Å²) in [6, 6.07) is 8.89. The second-order valence-corrected chi connectivity index (χ2v) is 3.99. The van der Waals surface area contributed by atoms with Crippen LogP contribution < -0.4 is 0 Å². The lowest BCUT2D eigenvalue weighted by Gasteiger charge is -2.05. The Morgan fingerprint density at radius 1 is 1.35 bits per heavy atom. The number of rotatable bonds is 4. The fraction of sp³-hybridized carbons (Fsp3) is 0.250. The van der Waals surface area contributed by atoms with Gasteiger partial charge in [-0.2, -0.15) is 10.5 Å². The number of thioether (sulfide) groups is 1. The van der Waals surface area contributed by atoms with Crippen molar-refractivity contribution < 1.29 is 9.53 Å². The van der Waals surface area contributed by atoms with Gasteiger partial charge < -0.3 is 4.74 Å². The second-order valence-electron chi connectivity index (χ2n) is 3.00. The van der Waals surface area contributed by atoms with E-state index in [4.69, 9.17) is 15.3 Å². The van der Waals surface area contributed by atoms with Crippen molar-refractivity contribution in [1.29, 1.82) is 10.5 Å². The number of hydrogen-bond donors (Lipinski definition) is 0. The van der Waals surface area contributed by atoms with Gasteiger partial charge in [-0.25, -0.2) is 0 Å². The number of ether oxygens (including phenoxy) is 1. The van der Waals surface area contributed by atoms with E-state index in [-0.39, 0.29) is 11.7 Å². The zero-order chi connectivity index (χ0) is 12.7. The number of esters is 1. The fourth-order valence-electron chi connectivity index (χ4n) is 1.20. The lowest BCUT2D eigenvalue weighted by molar-refractivity contribution is -0.139. The van der Waals surface area contributed by atoms with Gasteiger partial charge in [0.25, 0.3) is 0 Å². The van der Waals surface area contributed by atoms with Gasteiger partial charge in [0.05, 0.1) is 23.5 Å². The van der Waals surface area contributed by atoms with Gasteiger partial charge >= 0.3 is 5.97 Å². The van der Waals surface area contributed by atoms with E-state index in [2.05, 4.69) is 0 Å². The van der Waals surface area contributed by atoms with Crippen LogP contribution in [0.25, 0.3) is 0 Å². The van der Waals surface area contributed by atoms with E-state index in [1.807, 2.05) is 12.1 Å². The Balaban J connectivity index is 2.87. The minimum absolute atomic E-state index is 0.0984. The Labute approximate surface area is 104 Å². The van der Waals surface area contributed by atoms with Crippen LogP contribution in [0.2, 0.25) is 0 Å². The number of nitriles is 2. The predicted octanol–water partition coefficient (Wildman–Crippen LogP) is 2.09. The summed E-state index contributed by atoms with van der Waals surface area (Å²) in [7, 11) is 0. The molecule has 0 aliphatic carbocycles. The summed E-state index contributed by atoms with van der Waals surface area (Å²) in [4.78, 5) is 11.7. The summed E-state index contributed by atoms with van der Waals surface area (Å²) in [5, 5.41) is 17.8. The average molecular weight is 246 g/mol. The largest absolute Gasteiger partial charge is 0.465 e. The number of carbonyl (C=O) groups excluding carboxylic acids is 1. The molecule has 0 bridgehead atoms. The third-order valence-corrected chi connectivity index (χ3v) is 3.00. The molecule has 0 radical (unpaired) electrons. The van der Waals surface area contributed by atoms with Crippen molar-refractivity contribution in [2.24, 2.45) is 0 Å². The van der Waals surface area contributed by atoms with Crippen LogP contribution in [0.5, 0.6) is 0 Å². The standard InChI is InChI=1S/C12H10N2O2S/c1-2-16-11(15)8-17-12-9(6-13)4-3-5-10(12)7-14/h3-5H,2,8H2,1H3. The molecule has 5 heteroatoms. The van der Waals surface area contributed by atoms with Crippen molar-refractivity contribution in [2.45, 2.75) is 11.8 Å². The molecule has 1 aromatic carbocycles. The molecule has 0 saturated heterocycles. The zero-order valence-electron chi connectivity index (χ0n) is 9.27. The van der Waals surface area contributed by atoms with Crippen molar-refractivity contribution in [2.75, 3.05) is 12.4 Å². The first-order chi connectivity index (χ1) is 8.22. The molecule has 0 atom stereocenters. The van der Waals surface area contributed by atoms with Gasteiger partial charge in [0.2, 0.25) is 0 Å². The van der Waals surface area contributed by atoms with E-state index in [9.17, 15) is 4.79 Å². The lowest BCUT2D eigenvalue weighted by Crippen LogP contribution is -2.07. The van der Waals surface area contributed by atoms with Crippen LogP contribution in [0, 0.1) is 22.7 Å². The number of hydrogen-bond acceptors (Lipinski definition) is 5. The molecule has 17 heavy (non-hydrogen) atoms. The highest BCUT2D eigenvalue weighted by Gasteiger charge is 2.11. The van der Waals surface area contributed by atoms with Gasteiger partial charge in [-0.05, 0) is 19.1 Å². The first-order valence-electron chi connectivity index (χ1n) is 4.94. The maximum absolute atomic E-state index is 11.2. The molecule has 1 rings (SSSR count). The smallest absolute Gasteiger partial charge is 0.316 e. The molecular formula is C12H10N2O2S. The number of nitrogens with zero attached hydrogens (tertiary/aromatic N) is 2. The van der Waals surface area contributed by atoms with Gasteiger partial charge in [-0.3, -0.25) is 4.79 Å². The van der Waals surface area contributed by atoms with E-state index >= 15 is 0 Å². The van der Waals surface area contributed by atoms with E-state index in [0.717, 1.165) is 11.8 Å². The average Bonchev–Trinajstić information content (AvgIpc) is 2.36. The van der Waals surface area contributed by atoms with E-state index in [1.54, 1.807) is 25.1 Å². The van der Waals surface area contributed by atoms with Gasteiger partial charge in [-0.15, -0.1) is 11.8 Å². The van der Waals surface area contributed by atoms with Crippen LogP contribution in [0.15, 0.2) is 23.1 Å². The summed E-state index contributed by atoms with van der Waals surface area (Å²) in [6.45, 7) is 2.05. The normalized spacial score (nSPS) is 9.12. The molecule has 0 heterocycles. The summed E-state index contributed by atoms with van der Waals surface area (Å²) in [5.41, 5.74) is 0.802. The molecule has 0 spiro atoms. The Morgan fingerprint density at radius 2 is 1.94 bits per heavy atom. The maximum atomic E-state index is 11.2. The van der Waals surface area contributed by atoms with Crippen molar-refractivity contribution in [3.05, 3.63) is 29.3 Å². The summed E-state index contributed by atoms with van der Waals surface area (Å²) >= 11 is 1.15. The Kier molecular flexibility index (Phi) is 5.06. The van der Waals surface area contributed by atoms with Crippen LogP contribution >= 0.6 is 11.8 Å². The SMILES string of the molecule is CCOC(=O)CSc1c(C#N)cccc1C#N. The minimum Gasteiger partial charge on any atom is -0.465 e. The molecule has 0 aliphatic heterocycles. The minimum atomic E-state index is -0.353. The van der Waals surface area contributed by atoms with Crippen molar-refractivity contribution in [3.8, 4) is 12.1 Å². The molecule has 0 amide bonds. The zero-order valence-corrected chi connectivity index (χ0v) is 10.1. The summed E-state index contributed by atoms with van der Waals surface area (Å²) in [6.07, 6.45) is 0. The maximum Gasteiger partial charge on any atom is 0.316 e. The van der Waals surface area contributed by atoms with Crippen LogP contribution in [0.3, 0.4) is 0 Å². The van der Waals surface area contributed by atoms with Gasteiger partial charge in [0.15, 0.2) is 0 Å². The number of benzene rings is 1. The molecule has 0 aliphatic rings. The van der Waals surface area contributed by atoms with Crippen LogP contribution in [-0.2, 0) is 9.53 Å². The van der Waals surface area contributed by atoms with Crippen LogP contribution in [0.1, 0.15) is 18.1 Å². The Hall–Kier alpha value is -1.98. The molecule has 0 fully saturated rings.